The minimum Gasteiger partial charge on any atom is -0.481 e. The van der Waals surface area contributed by atoms with E-state index in [9.17, 15) is 33.9 Å². The number of carboxylic acid groups (broad SMARTS) is 2. The molecule has 0 saturated heterocycles. The number of hydrogen-bond acceptors (Lipinski definition) is 8. The Morgan fingerprint density at radius 3 is 1.95 bits per heavy atom. The lowest BCUT2D eigenvalue weighted by atomic mass is 10.0. The fourth-order valence-corrected chi connectivity index (χ4v) is 3.39. The molecule has 0 aliphatic heterocycles. The highest BCUT2D eigenvalue weighted by Gasteiger charge is 2.31. The molecule has 0 aliphatic carbocycles. The standard InChI is InChI=1S/C23H29N7O8/c24-14(8-19(32)33)20(34)28-15(6-12-4-2-1-3-5-12)21(35)29-16(7-13-10-26-11-27-13)22(36)30-17(23(37)38)9-18(25)31/h1-5,10-11,14-17H,6-9,24H2,(H2,25,31)(H,26,27)(H,28,34)(H,29,35)(H,30,36)(H,32,33)(H,37,38). The van der Waals surface area contributed by atoms with E-state index in [4.69, 9.17) is 16.6 Å². The second-order valence-electron chi connectivity index (χ2n) is 8.37. The Bertz CT molecular complexity index is 1140. The zero-order valence-electron chi connectivity index (χ0n) is 20.1. The molecule has 0 spiro atoms. The molecular weight excluding hydrogens is 502 g/mol. The average molecular weight is 532 g/mol. The number of rotatable bonds is 15. The topological polar surface area (TPSA) is 260 Å². The molecule has 204 valence electrons. The summed E-state index contributed by atoms with van der Waals surface area (Å²) >= 11 is 0. The number of carboxylic acids is 2. The van der Waals surface area contributed by atoms with Gasteiger partial charge >= 0.3 is 11.9 Å². The minimum atomic E-state index is -1.64. The maximum atomic E-state index is 13.3. The van der Waals surface area contributed by atoms with E-state index in [0.29, 0.717) is 11.3 Å². The minimum absolute atomic E-state index is 0.0317. The molecule has 2 rings (SSSR count). The van der Waals surface area contributed by atoms with Crippen molar-refractivity contribution < 1.29 is 39.0 Å². The van der Waals surface area contributed by atoms with Gasteiger partial charge in [0.05, 0.1) is 25.2 Å². The van der Waals surface area contributed by atoms with E-state index in [1.165, 1.54) is 12.5 Å². The predicted molar refractivity (Wildman–Crippen MR) is 130 cm³/mol. The van der Waals surface area contributed by atoms with Gasteiger partial charge in [-0.15, -0.1) is 0 Å². The number of nitrogens with two attached hydrogens (primary N) is 2. The number of aliphatic carboxylic acids is 2. The summed E-state index contributed by atoms with van der Waals surface area (Å²) in [4.78, 5) is 79.0. The van der Waals surface area contributed by atoms with Crippen LogP contribution in [-0.2, 0) is 41.6 Å². The van der Waals surface area contributed by atoms with Crippen molar-refractivity contribution in [2.45, 2.75) is 49.9 Å². The number of aromatic nitrogens is 2. The number of nitrogens with one attached hydrogen (secondary N) is 4. The van der Waals surface area contributed by atoms with Crippen molar-refractivity contribution in [1.82, 2.24) is 25.9 Å². The fraction of sp³-hybridized carbons (Fsp3) is 0.348. The maximum Gasteiger partial charge on any atom is 0.326 e. The van der Waals surface area contributed by atoms with Crippen LogP contribution in [0.1, 0.15) is 24.1 Å². The van der Waals surface area contributed by atoms with Crippen molar-refractivity contribution in [3.63, 3.8) is 0 Å². The van der Waals surface area contributed by atoms with Crippen LogP contribution in [0.2, 0.25) is 0 Å². The van der Waals surface area contributed by atoms with Gasteiger partial charge in [-0.05, 0) is 5.56 Å². The summed E-state index contributed by atoms with van der Waals surface area (Å²) in [5.41, 5.74) is 11.7. The van der Waals surface area contributed by atoms with Crippen LogP contribution in [0.25, 0.3) is 0 Å². The lowest BCUT2D eigenvalue weighted by Crippen LogP contribution is -2.58. The van der Waals surface area contributed by atoms with Gasteiger partial charge in [-0.1, -0.05) is 30.3 Å². The summed E-state index contributed by atoms with van der Waals surface area (Å²) in [5, 5.41) is 25.3. The van der Waals surface area contributed by atoms with Crippen LogP contribution >= 0.6 is 0 Å². The van der Waals surface area contributed by atoms with Gasteiger partial charge in [0.2, 0.25) is 23.6 Å². The van der Waals surface area contributed by atoms with Gasteiger partial charge < -0.3 is 42.6 Å². The lowest BCUT2D eigenvalue weighted by molar-refractivity contribution is -0.143. The molecule has 0 saturated carbocycles. The van der Waals surface area contributed by atoms with Gasteiger partial charge in [0.25, 0.3) is 0 Å². The van der Waals surface area contributed by atoms with Gasteiger partial charge in [-0.2, -0.15) is 0 Å². The quantitative estimate of drug-likeness (QED) is 0.119. The molecule has 4 atom stereocenters. The van der Waals surface area contributed by atoms with E-state index in [2.05, 4.69) is 25.9 Å². The van der Waals surface area contributed by atoms with Crippen molar-refractivity contribution >= 4 is 35.6 Å². The molecule has 0 bridgehead atoms. The smallest absolute Gasteiger partial charge is 0.326 e. The Hall–Kier alpha value is -4.79. The molecule has 1 heterocycles. The van der Waals surface area contributed by atoms with Crippen LogP contribution in [0.15, 0.2) is 42.9 Å². The van der Waals surface area contributed by atoms with Gasteiger partial charge in [-0.3, -0.25) is 24.0 Å². The SMILES string of the molecule is NC(=O)CC(NC(=O)C(Cc1cnc[nH]1)NC(=O)C(Cc1ccccc1)NC(=O)C(N)CC(=O)O)C(=O)O. The summed E-state index contributed by atoms with van der Waals surface area (Å²) in [6, 6.07) is 2.84. The summed E-state index contributed by atoms with van der Waals surface area (Å²) in [7, 11) is 0. The molecule has 0 radical (unpaired) electrons. The van der Waals surface area contributed by atoms with E-state index < -0.39 is 72.6 Å². The van der Waals surface area contributed by atoms with Crippen LogP contribution in [-0.4, -0.2) is 79.9 Å². The van der Waals surface area contributed by atoms with E-state index >= 15 is 0 Å². The van der Waals surface area contributed by atoms with Crippen LogP contribution in [0, 0.1) is 0 Å². The highest BCUT2D eigenvalue weighted by atomic mass is 16.4. The number of primary amides is 1. The largest absolute Gasteiger partial charge is 0.481 e. The van der Waals surface area contributed by atoms with Crippen molar-refractivity contribution in [2.75, 3.05) is 0 Å². The Balaban J connectivity index is 2.27. The van der Waals surface area contributed by atoms with Crippen molar-refractivity contribution in [3.05, 3.63) is 54.1 Å². The van der Waals surface area contributed by atoms with E-state index in [1.807, 2.05) is 0 Å². The highest BCUT2D eigenvalue weighted by molar-refractivity contribution is 5.95. The molecule has 15 nitrogen and oxygen atoms in total. The van der Waals surface area contributed by atoms with Crippen LogP contribution in [0.5, 0.6) is 0 Å². The van der Waals surface area contributed by atoms with Crippen molar-refractivity contribution in [1.29, 1.82) is 0 Å². The zero-order valence-corrected chi connectivity index (χ0v) is 20.1. The number of nitrogens with zero attached hydrogens (tertiary/aromatic N) is 1. The molecule has 4 unspecified atom stereocenters. The third kappa shape index (κ3) is 9.69. The summed E-state index contributed by atoms with van der Waals surface area (Å²) < 4.78 is 0. The molecule has 0 aliphatic rings. The summed E-state index contributed by atoms with van der Waals surface area (Å²) in [6.07, 6.45) is 1.19. The number of aromatic amines is 1. The molecular formula is C23H29N7O8. The van der Waals surface area contributed by atoms with Crippen LogP contribution in [0.3, 0.4) is 0 Å². The first kappa shape index (κ1) is 29.4. The number of H-pyrrole nitrogens is 1. The first-order chi connectivity index (χ1) is 18.0. The van der Waals surface area contributed by atoms with E-state index in [1.54, 1.807) is 30.3 Å². The molecule has 0 fully saturated rings. The molecule has 4 amide bonds. The molecule has 1 aromatic carbocycles. The number of benzene rings is 1. The summed E-state index contributed by atoms with van der Waals surface area (Å²) in [5.74, 6) is -6.44. The number of carbonyl (C=O) groups excluding carboxylic acids is 4. The van der Waals surface area contributed by atoms with Crippen molar-refractivity contribution in [2.24, 2.45) is 11.5 Å². The molecule has 15 heteroatoms. The van der Waals surface area contributed by atoms with Crippen LogP contribution < -0.4 is 27.4 Å². The predicted octanol–water partition coefficient (Wildman–Crippen LogP) is -2.59. The Morgan fingerprint density at radius 2 is 1.42 bits per heavy atom. The number of imidazole rings is 1. The first-order valence-electron chi connectivity index (χ1n) is 11.4. The van der Waals surface area contributed by atoms with E-state index in [-0.39, 0.29) is 12.8 Å². The second kappa shape index (κ2) is 14.1. The van der Waals surface area contributed by atoms with Gasteiger partial charge in [0.15, 0.2) is 0 Å². The Kier molecular flexibility index (Phi) is 10.9. The van der Waals surface area contributed by atoms with Gasteiger partial charge in [0, 0.05) is 24.7 Å². The first-order valence-corrected chi connectivity index (χ1v) is 11.4. The third-order valence-electron chi connectivity index (χ3n) is 5.28. The second-order valence-corrected chi connectivity index (χ2v) is 8.37. The monoisotopic (exact) mass is 531 g/mol. The Labute approximate surface area is 216 Å². The van der Waals surface area contributed by atoms with Gasteiger partial charge in [0.1, 0.15) is 18.1 Å². The highest BCUT2D eigenvalue weighted by Crippen LogP contribution is 2.07. The zero-order chi connectivity index (χ0) is 28.2. The summed E-state index contributed by atoms with van der Waals surface area (Å²) in [6.45, 7) is 0. The van der Waals surface area contributed by atoms with Crippen LogP contribution in [0.4, 0.5) is 0 Å². The maximum absolute atomic E-state index is 13.3. The normalized spacial score (nSPS) is 13.8. The third-order valence-corrected chi connectivity index (χ3v) is 5.28. The average Bonchev–Trinajstić information content (AvgIpc) is 3.35. The van der Waals surface area contributed by atoms with Gasteiger partial charge in [-0.25, -0.2) is 9.78 Å². The molecule has 38 heavy (non-hydrogen) atoms. The van der Waals surface area contributed by atoms with Crippen molar-refractivity contribution in [3.8, 4) is 0 Å². The Morgan fingerprint density at radius 1 is 0.842 bits per heavy atom. The molecule has 10 N–H and O–H groups in total. The number of carbonyl (C=O) groups is 6. The molecule has 2 aromatic rings. The lowest BCUT2D eigenvalue weighted by Gasteiger charge is -2.25. The fourth-order valence-electron chi connectivity index (χ4n) is 3.39. The molecule has 1 aromatic heterocycles. The van der Waals surface area contributed by atoms with E-state index in [0.717, 1.165) is 0 Å². The number of amides is 4. The number of hydrogen-bond donors (Lipinski definition) is 8.